The number of benzene rings is 2. The molecule has 0 fully saturated rings. The quantitative estimate of drug-likeness (QED) is 0.369. The summed E-state index contributed by atoms with van der Waals surface area (Å²) in [6.45, 7) is 2.21. The lowest BCUT2D eigenvalue weighted by atomic mass is 10.1. The van der Waals surface area contributed by atoms with Gasteiger partial charge in [-0.05, 0) is 60.7 Å². The van der Waals surface area contributed by atoms with Crippen LogP contribution in [0.5, 0.6) is 11.5 Å². The summed E-state index contributed by atoms with van der Waals surface area (Å²) in [4.78, 5) is 28.8. The summed E-state index contributed by atoms with van der Waals surface area (Å²) in [5, 5.41) is 10.6. The number of nitrogens with one attached hydrogen (secondary N) is 2. The maximum absolute atomic E-state index is 13.3. The number of ether oxygens (including phenoxy) is 1. The van der Waals surface area contributed by atoms with Crippen LogP contribution in [0.1, 0.15) is 6.92 Å². The Morgan fingerprint density at radius 3 is 2.47 bits per heavy atom. The first kappa shape index (κ1) is 23.0. The largest absolute Gasteiger partial charge is 0.449 e. The second-order valence-electron chi connectivity index (χ2n) is 7.33. The van der Waals surface area contributed by atoms with E-state index in [1.165, 1.54) is 17.8 Å². The first-order valence-corrected chi connectivity index (χ1v) is 10.9. The minimum atomic E-state index is -0.444. The maximum Gasteiger partial charge on any atom is 0.316 e. The van der Waals surface area contributed by atoms with Gasteiger partial charge in [-0.15, -0.1) is 0 Å². The standard InChI is InChI=1S/C25H22ClN5O3/c1-17(32)27-14-15-29-23-16-30-31(20-9-7-19(26)8-10-20)25(33)24(23)34-21-11-5-18(6-12-21)22-4-2-3-13-28-22/h2-13,16,29H,14-15H2,1H3,(H,27,32). The van der Waals surface area contributed by atoms with Crippen LogP contribution >= 0.6 is 11.6 Å². The molecule has 2 aromatic heterocycles. The molecule has 0 unspecified atom stereocenters. The second kappa shape index (κ2) is 10.6. The Bertz CT molecular complexity index is 1320. The number of hydrogen-bond acceptors (Lipinski definition) is 6. The molecule has 0 aliphatic carbocycles. The molecule has 172 valence electrons. The van der Waals surface area contributed by atoms with Crippen molar-refractivity contribution in [2.75, 3.05) is 18.4 Å². The first-order valence-electron chi connectivity index (χ1n) is 10.6. The molecule has 1 amide bonds. The van der Waals surface area contributed by atoms with E-state index in [0.717, 1.165) is 11.3 Å². The monoisotopic (exact) mass is 475 g/mol. The lowest BCUT2D eigenvalue weighted by molar-refractivity contribution is -0.118. The summed E-state index contributed by atoms with van der Waals surface area (Å²) in [6.07, 6.45) is 3.25. The molecule has 2 heterocycles. The van der Waals surface area contributed by atoms with Gasteiger partial charge in [0.1, 0.15) is 11.4 Å². The highest BCUT2D eigenvalue weighted by Crippen LogP contribution is 2.28. The van der Waals surface area contributed by atoms with Crippen LogP contribution in [-0.2, 0) is 4.79 Å². The van der Waals surface area contributed by atoms with Gasteiger partial charge in [0.05, 0.1) is 17.6 Å². The smallest absolute Gasteiger partial charge is 0.316 e. The van der Waals surface area contributed by atoms with E-state index in [-0.39, 0.29) is 11.7 Å². The normalized spacial score (nSPS) is 10.5. The molecule has 34 heavy (non-hydrogen) atoms. The topological polar surface area (TPSA) is 98.1 Å². The molecule has 0 aliphatic rings. The number of nitrogens with zero attached hydrogens (tertiary/aromatic N) is 3. The Balaban J connectivity index is 1.64. The van der Waals surface area contributed by atoms with Crippen LogP contribution in [-0.4, -0.2) is 33.8 Å². The van der Waals surface area contributed by atoms with Crippen molar-refractivity contribution in [3.63, 3.8) is 0 Å². The molecule has 4 aromatic rings. The summed E-state index contributed by atoms with van der Waals surface area (Å²) in [5.74, 6) is 0.427. The third-order valence-corrected chi connectivity index (χ3v) is 5.11. The highest BCUT2D eigenvalue weighted by Gasteiger charge is 2.15. The lowest BCUT2D eigenvalue weighted by Crippen LogP contribution is -2.28. The van der Waals surface area contributed by atoms with Crippen molar-refractivity contribution in [2.45, 2.75) is 6.92 Å². The van der Waals surface area contributed by atoms with Gasteiger partial charge in [-0.25, -0.2) is 0 Å². The highest BCUT2D eigenvalue weighted by molar-refractivity contribution is 6.30. The molecule has 9 heteroatoms. The van der Waals surface area contributed by atoms with Gasteiger partial charge in [0.25, 0.3) is 0 Å². The number of hydrogen-bond donors (Lipinski definition) is 2. The number of rotatable bonds is 8. The maximum atomic E-state index is 13.3. The minimum Gasteiger partial charge on any atom is -0.449 e. The third kappa shape index (κ3) is 5.60. The van der Waals surface area contributed by atoms with Crippen LogP contribution in [0.15, 0.2) is 83.9 Å². The molecule has 2 N–H and O–H groups in total. The van der Waals surface area contributed by atoms with E-state index in [1.807, 2.05) is 30.3 Å². The zero-order valence-corrected chi connectivity index (χ0v) is 19.1. The van der Waals surface area contributed by atoms with Gasteiger partial charge in [0, 0.05) is 36.8 Å². The van der Waals surface area contributed by atoms with Crippen molar-refractivity contribution in [1.29, 1.82) is 0 Å². The van der Waals surface area contributed by atoms with Crippen LogP contribution in [0.25, 0.3) is 16.9 Å². The Morgan fingerprint density at radius 1 is 1.03 bits per heavy atom. The van der Waals surface area contributed by atoms with Crippen LogP contribution in [0.4, 0.5) is 5.69 Å². The Kier molecular flexibility index (Phi) is 7.19. The van der Waals surface area contributed by atoms with Gasteiger partial charge in [0.15, 0.2) is 0 Å². The van der Waals surface area contributed by atoms with Crippen LogP contribution < -0.4 is 20.9 Å². The van der Waals surface area contributed by atoms with Crippen molar-refractivity contribution in [3.05, 3.63) is 94.5 Å². The molecule has 0 spiro atoms. The molecule has 0 saturated heterocycles. The Morgan fingerprint density at radius 2 is 1.79 bits per heavy atom. The molecular weight excluding hydrogens is 454 g/mol. The Hall–Kier alpha value is -4.17. The first-order chi connectivity index (χ1) is 16.5. The average molecular weight is 476 g/mol. The Labute approximate surface area is 201 Å². The SMILES string of the molecule is CC(=O)NCCNc1cnn(-c2ccc(Cl)cc2)c(=O)c1Oc1ccc(-c2ccccn2)cc1. The van der Waals surface area contributed by atoms with Crippen molar-refractivity contribution in [1.82, 2.24) is 20.1 Å². The number of aromatic nitrogens is 3. The van der Waals surface area contributed by atoms with E-state index in [4.69, 9.17) is 16.3 Å². The summed E-state index contributed by atoms with van der Waals surface area (Å²) in [5.41, 5.74) is 2.28. The number of carbonyl (C=O) groups is 1. The fourth-order valence-electron chi connectivity index (χ4n) is 3.21. The molecule has 4 rings (SSSR count). The lowest BCUT2D eigenvalue weighted by Gasteiger charge is -2.15. The molecule has 0 aliphatic heterocycles. The number of anilines is 1. The number of pyridine rings is 1. The van der Waals surface area contributed by atoms with Crippen molar-refractivity contribution < 1.29 is 9.53 Å². The fraction of sp³-hybridized carbons (Fsp3) is 0.120. The molecule has 2 aromatic carbocycles. The summed E-state index contributed by atoms with van der Waals surface area (Å²) in [7, 11) is 0. The fourth-order valence-corrected chi connectivity index (χ4v) is 3.34. The molecule has 8 nitrogen and oxygen atoms in total. The van der Waals surface area contributed by atoms with Gasteiger partial charge in [-0.1, -0.05) is 17.7 Å². The highest BCUT2D eigenvalue weighted by atomic mass is 35.5. The van der Waals surface area contributed by atoms with E-state index >= 15 is 0 Å². The van der Waals surface area contributed by atoms with Gasteiger partial charge in [0.2, 0.25) is 11.7 Å². The average Bonchev–Trinajstić information content (AvgIpc) is 2.85. The molecule has 0 saturated carbocycles. The van der Waals surface area contributed by atoms with E-state index in [1.54, 1.807) is 42.6 Å². The predicted octanol–water partition coefficient (Wildman–Crippen LogP) is 4.29. The number of amides is 1. The van der Waals surface area contributed by atoms with Crippen LogP contribution in [0, 0.1) is 0 Å². The van der Waals surface area contributed by atoms with Crippen LogP contribution in [0.3, 0.4) is 0 Å². The van der Waals surface area contributed by atoms with Crippen molar-refractivity contribution in [2.24, 2.45) is 0 Å². The second-order valence-corrected chi connectivity index (χ2v) is 7.77. The van der Waals surface area contributed by atoms with E-state index < -0.39 is 5.56 Å². The molecule has 0 radical (unpaired) electrons. The molecule has 0 bridgehead atoms. The van der Waals surface area contributed by atoms with E-state index in [2.05, 4.69) is 20.7 Å². The van der Waals surface area contributed by atoms with Crippen molar-refractivity contribution in [3.8, 4) is 28.4 Å². The number of carbonyl (C=O) groups excluding carboxylic acids is 1. The molecular formula is C25H22ClN5O3. The minimum absolute atomic E-state index is 0.0818. The molecule has 0 atom stereocenters. The third-order valence-electron chi connectivity index (χ3n) is 4.85. The van der Waals surface area contributed by atoms with Crippen molar-refractivity contribution >= 4 is 23.2 Å². The predicted molar refractivity (Wildman–Crippen MR) is 132 cm³/mol. The van der Waals surface area contributed by atoms with Gasteiger partial charge < -0.3 is 15.4 Å². The van der Waals surface area contributed by atoms with E-state index in [9.17, 15) is 9.59 Å². The zero-order valence-electron chi connectivity index (χ0n) is 18.4. The van der Waals surface area contributed by atoms with Gasteiger partial charge >= 0.3 is 5.56 Å². The summed E-state index contributed by atoms with van der Waals surface area (Å²) in [6, 6.07) is 19.8. The van der Waals surface area contributed by atoms with Gasteiger partial charge in [-0.2, -0.15) is 9.78 Å². The van der Waals surface area contributed by atoms with Gasteiger partial charge in [-0.3, -0.25) is 14.6 Å². The van der Waals surface area contributed by atoms with E-state index in [0.29, 0.717) is 35.2 Å². The zero-order chi connectivity index (χ0) is 23.9. The number of halogens is 1. The summed E-state index contributed by atoms with van der Waals surface area (Å²) < 4.78 is 7.27. The summed E-state index contributed by atoms with van der Waals surface area (Å²) >= 11 is 5.98. The van der Waals surface area contributed by atoms with Crippen LogP contribution in [0.2, 0.25) is 5.02 Å².